The number of hydrogen-bond donors (Lipinski definition) is 1. The summed E-state index contributed by atoms with van der Waals surface area (Å²) in [7, 11) is 0. The van der Waals surface area contributed by atoms with Crippen LogP contribution in [0, 0.1) is 11.7 Å². The van der Waals surface area contributed by atoms with Crippen molar-refractivity contribution in [3.05, 3.63) is 58.9 Å². The Balaban J connectivity index is 0.963. The Labute approximate surface area is 226 Å². The number of piperidine rings is 2. The van der Waals surface area contributed by atoms with Gasteiger partial charge in [-0.05, 0) is 81.4 Å². The van der Waals surface area contributed by atoms with Crippen LogP contribution in [0.15, 0.2) is 36.4 Å². The Bertz CT molecular complexity index is 1330. The first-order valence-corrected chi connectivity index (χ1v) is 14.0. The van der Waals surface area contributed by atoms with E-state index < -0.39 is 11.9 Å². The van der Waals surface area contributed by atoms with Gasteiger partial charge in [0.15, 0.2) is 0 Å². The summed E-state index contributed by atoms with van der Waals surface area (Å²) in [5, 5.41) is 2.37. The third-order valence-electron chi connectivity index (χ3n) is 9.37. The van der Waals surface area contributed by atoms with Crippen molar-refractivity contribution in [1.82, 2.24) is 15.1 Å². The fraction of sp³-hybridized carbons (Fsp3) is 0.500. The maximum atomic E-state index is 13.2. The molecular formula is C30H32FN3O5. The van der Waals surface area contributed by atoms with Crippen LogP contribution < -0.4 is 14.8 Å². The Morgan fingerprint density at radius 3 is 2.56 bits per heavy atom. The number of rotatable bonds is 5. The van der Waals surface area contributed by atoms with Crippen LogP contribution in [0.3, 0.4) is 0 Å². The van der Waals surface area contributed by atoms with E-state index in [-0.39, 0.29) is 35.6 Å². The molecule has 3 fully saturated rings. The molecule has 2 aromatic carbocycles. The lowest BCUT2D eigenvalue weighted by atomic mass is 9.73. The SMILES string of the molecule is O=C1CCC(N2Cc3c(ccc4c3OCC43CCN(C[C@H]4C[C@H](Oc5ccc(F)cc5)C4)CC3)C2=O)C(=O)N1. The number of amides is 3. The van der Waals surface area contributed by atoms with Crippen molar-refractivity contribution >= 4 is 17.7 Å². The number of hydrogen-bond acceptors (Lipinski definition) is 6. The van der Waals surface area contributed by atoms with Crippen LogP contribution in [0.5, 0.6) is 11.5 Å². The normalized spacial score (nSPS) is 27.6. The number of benzene rings is 2. The summed E-state index contributed by atoms with van der Waals surface area (Å²) in [6, 6.07) is 9.58. The van der Waals surface area contributed by atoms with Gasteiger partial charge in [0.2, 0.25) is 11.8 Å². The van der Waals surface area contributed by atoms with Crippen molar-refractivity contribution in [3.8, 4) is 11.5 Å². The van der Waals surface area contributed by atoms with Crippen LogP contribution in [0.2, 0.25) is 0 Å². The van der Waals surface area contributed by atoms with E-state index in [4.69, 9.17) is 9.47 Å². The van der Waals surface area contributed by atoms with E-state index in [2.05, 4.69) is 16.3 Å². The van der Waals surface area contributed by atoms with Crippen molar-refractivity contribution in [2.75, 3.05) is 26.2 Å². The van der Waals surface area contributed by atoms with Crippen LogP contribution in [-0.4, -0.2) is 65.9 Å². The molecule has 5 aliphatic rings. The van der Waals surface area contributed by atoms with Crippen molar-refractivity contribution in [2.24, 2.45) is 5.92 Å². The molecule has 2 saturated heterocycles. The molecule has 204 valence electrons. The Morgan fingerprint density at radius 1 is 1.05 bits per heavy atom. The van der Waals surface area contributed by atoms with E-state index in [1.165, 1.54) is 17.7 Å². The standard InChI is InChI=1S/C30H32FN3O5/c31-19-1-3-20(4-2-19)39-21-13-18(14-21)15-33-11-9-30(10-12-33)17-38-27-23-16-34(25-7-8-26(35)32-28(25)36)29(37)22(23)5-6-24(27)30/h1-6,18,21,25H,7-17H2,(H,32,35,36)/t18-,21-,25?. The van der Waals surface area contributed by atoms with Gasteiger partial charge in [-0.1, -0.05) is 6.07 Å². The lowest BCUT2D eigenvalue weighted by Gasteiger charge is -2.43. The summed E-state index contributed by atoms with van der Waals surface area (Å²) in [5.74, 6) is 1.08. The molecule has 8 nitrogen and oxygen atoms in total. The van der Waals surface area contributed by atoms with Gasteiger partial charge >= 0.3 is 0 Å². The molecule has 1 N–H and O–H groups in total. The van der Waals surface area contributed by atoms with Crippen molar-refractivity contribution in [3.63, 3.8) is 0 Å². The van der Waals surface area contributed by atoms with E-state index >= 15 is 0 Å². The van der Waals surface area contributed by atoms with Crippen molar-refractivity contribution < 1.29 is 28.2 Å². The Kier molecular flexibility index (Phi) is 5.88. The maximum absolute atomic E-state index is 13.2. The number of carbonyl (C=O) groups excluding carboxylic acids is 3. The second-order valence-corrected chi connectivity index (χ2v) is 11.8. The largest absolute Gasteiger partial charge is 0.492 e. The van der Waals surface area contributed by atoms with Gasteiger partial charge < -0.3 is 19.3 Å². The van der Waals surface area contributed by atoms with E-state index in [9.17, 15) is 18.8 Å². The zero-order valence-electron chi connectivity index (χ0n) is 21.8. The molecule has 3 amide bonds. The highest BCUT2D eigenvalue weighted by atomic mass is 19.1. The molecule has 4 aliphatic heterocycles. The number of nitrogens with zero attached hydrogens (tertiary/aromatic N) is 2. The molecule has 1 aliphatic carbocycles. The van der Waals surface area contributed by atoms with Crippen LogP contribution >= 0.6 is 0 Å². The molecule has 0 radical (unpaired) electrons. The van der Waals surface area contributed by atoms with Gasteiger partial charge in [-0.25, -0.2) is 4.39 Å². The van der Waals surface area contributed by atoms with E-state index in [1.807, 2.05) is 6.07 Å². The van der Waals surface area contributed by atoms with Crippen LogP contribution in [0.4, 0.5) is 4.39 Å². The third-order valence-corrected chi connectivity index (χ3v) is 9.37. The number of likely N-dealkylation sites (tertiary alicyclic amines) is 1. The molecule has 1 atom stereocenters. The molecule has 39 heavy (non-hydrogen) atoms. The molecule has 2 aromatic rings. The van der Waals surface area contributed by atoms with Gasteiger partial charge in [-0.2, -0.15) is 0 Å². The lowest BCUT2D eigenvalue weighted by Crippen LogP contribution is -2.52. The number of carbonyl (C=O) groups is 3. The van der Waals surface area contributed by atoms with Gasteiger partial charge in [0.05, 0.1) is 19.3 Å². The minimum atomic E-state index is -0.621. The summed E-state index contributed by atoms with van der Waals surface area (Å²) in [6.07, 6.45) is 4.86. The second kappa shape index (κ2) is 9.33. The molecule has 4 heterocycles. The van der Waals surface area contributed by atoms with E-state index in [0.717, 1.165) is 62.4 Å². The van der Waals surface area contributed by atoms with Gasteiger partial charge in [0.25, 0.3) is 5.91 Å². The summed E-state index contributed by atoms with van der Waals surface area (Å²) < 4.78 is 25.4. The smallest absolute Gasteiger partial charge is 0.255 e. The predicted molar refractivity (Wildman–Crippen MR) is 139 cm³/mol. The van der Waals surface area contributed by atoms with Gasteiger partial charge in [-0.3, -0.25) is 19.7 Å². The molecule has 7 rings (SSSR count). The average Bonchev–Trinajstić information content (AvgIpc) is 3.43. The molecular weight excluding hydrogens is 501 g/mol. The molecule has 1 unspecified atom stereocenters. The Morgan fingerprint density at radius 2 is 1.82 bits per heavy atom. The minimum Gasteiger partial charge on any atom is -0.492 e. The molecule has 1 spiro atoms. The predicted octanol–water partition coefficient (Wildman–Crippen LogP) is 3.17. The van der Waals surface area contributed by atoms with E-state index in [0.29, 0.717) is 31.1 Å². The zero-order valence-corrected chi connectivity index (χ0v) is 21.8. The highest BCUT2D eigenvalue weighted by Crippen LogP contribution is 2.50. The zero-order chi connectivity index (χ0) is 26.7. The Hall–Kier alpha value is -3.46. The summed E-state index contributed by atoms with van der Waals surface area (Å²) >= 11 is 0. The number of imide groups is 1. The first kappa shape index (κ1) is 24.6. The van der Waals surface area contributed by atoms with E-state index in [1.54, 1.807) is 17.0 Å². The van der Waals surface area contributed by atoms with Crippen LogP contribution in [-0.2, 0) is 21.5 Å². The first-order chi connectivity index (χ1) is 18.9. The van der Waals surface area contributed by atoms with Crippen molar-refractivity contribution in [2.45, 2.75) is 62.6 Å². The summed E-state index contributed by atoms with van der Waals surface area (Å²) in [4.78, 5) is 41.3. The van der Waals surface area contributed by atoms with Crippen LogP contribution in [0.1, 0.15) is 60.0 Å². The van der Waals surface area contributed by atoms with Gasteiger partial charge in [-0.15, -0.1) is 0 Å². The molecule has 0 aromatic heterocycles. The number of halogens is 1. The van der Waals surface area contributed by atoms with Gasteiger partial charge in [0, 0.05) is 35.1 Å². The van der Waals surface area contributed by atoms with Crippen LogP contribution in [0.25, 0.3) is 0 Å². The van der Waals surface area contributed by atoms with Crippen molar-refractivity contribution in [1.29, 1.82) is 0 Å². The lowest BCUT2D eigenvalue weighted by molar-refractivity contribution is -0.136. The first-order valence-electron chi connectivity index (χ1n) is 14.0. The summed E-state index contributed by atoms with van der Waals surface area (Å²) in [5.41, 5.74) is 2.63. The number of fused-ring (bicyclic) bond motifs is 4. The number of nitrogens with one attached hydrogen (secondary N) is 1. The highest BCUT2D eigenvalue weighted by molar-refractivity contribution is 6.05. The quantitative estimate of drug-likeness (QED) is 0.595. The highest BCUT2D eigenvalue weighted by Gasteiger charge is 2.48. The minimum absolute atomic E-state index is 0.0419. The molecule has 0 bridgehead atoms. The van der Waals surface area contributed by atoms with Gasteiger partial charge in [0.1, 0.15) is 23.4 Å². The fourth-order valence-corrected chi connectivity index (χ4v) is 7.05. The fourth-order valence-electron chi connectivity index (χ4n) is 7.05. The monoisotopic (exact) mass is 533 g/mol. The third kappa shape index (κ3) is 4.27. The topological polar surface area (TPSA) is 88.2 Å². The maximum Gasteiger partial charge on any atom is 0.255 e. The summed E-state index contributed by atoms with van der Waals surface area (Å²) in [6.45, 7) is 4.03. The molecule has 1 saturated carbocycles. The molecule has 9 heteroatoms. The second-order valence-electron chi connectivity index (χ2n) is 11.8. The number of ether oxygens (including phenoxy) is 2. The average molecular weight is 534 g/mol.